The number of carbonyl (C=O) groups is 2. The van der Waals surface area contributed by atoms with E-state index in [4.69, 9.17) is 9.26 Å². The molecule has 10 nitrogen and oxygen atoms in total. The van der Waals surface area contributed by atoms with Crippen molar-refractivity contribution >= 4 is 29.3 Å². The van der Waals surface area contributed by atoms with E-state index in [9.17, 15) is 9.59 Å². The third kappa shape index (κ3) is 5.75. The summed E-state index contributed by atoms with van der Waals surface area (Å²) < 4.78 is 12.2. The van der Waals surface area contributed by atoms with Gasteiger partial charge in [0.05, 0.1) is 17.9 Å². The molecule has 0 atom stereocenters. The predicted molar refractivity (Wildman–Crippen MR) is 131 cm³/mol. The zero-order valence-corrected chi connectivity index (χ0v) is 20.3. The number of benzene rings is 2. The molecule has 2 aromatic carbocycles. The average Bonchev–Trinajstić information content (AvgIpc) is 3.50. The Labute approximate surface area is 206 Å². The Morgan fingerprint density at radius 2 is 1.91 bits per heavy atom. The molecular weight excluding hydrogens is 468 g/mol. The molecule has 0 saturated heterocycles. The van der Waals surface area contributed by atoms with Crippen LogP contribution >= 0.6 is 11.8 Å². The Balaban J connectivity index is 1.40. The zero-order valence-electron chi connectivity index (χ0n) is 19.5. The number of thioether (sulfide) groups is 1. The van der Waals surface area contributed by atoms with Crippen molar-refractivity contribution in [3.05, 3.63) is 59.7 Å². The van der Waals surface area contributed by atoms with E-state index >= 15 is 0 Å². The van der Waals surface area contributed by atoms with Gasteiger partial charge >= 0.3 is 5.97 Å². The van der Waals surface area contributed by atoms with Gasteiger partial charge in [0.25, 0.3) is 5.89 Å². The van der Waals surface area contributed by atoms with Crippen LogP contribution in [-0.2, 0) is 16.1 Å². The first-order chi connectivity index (χ1) is 17.0. The van der Waals surface area contributed by atoms with Crippen molar-refractivity contribution in [3.63, 3.8) is 0 Å². The van der Waals surface area contributed by atoms with E-state index in [1.165, 1.54) is 11.8 Å². The van der Waals surface area contributed by atoms with Gasteiger partial charge in [0.2, 0.25) is 17.6 Å². The fraction of sp³-hybridized carbons (Fsp3) is 0.250. The minimum absolute atomic E-state index is 0.121. The van der Waals surface area contributed by atoms with Crippen molar-refractivity contribution in [1.82, 2.24) is 24.9 Å². The van der Waals surface area contributed by atoms with Crippen LogP contribution in [0.5, 0.6) is 0 Å². The number of esters is 1. The van der Waals surface area contributed by atoms with Crippen LogP contribution in [0, 0.1) is 6.92 Å². The van der Waals surface area contributed by atoms with Crippen molar-refractivity contribution in [3.8, 4) is 23.1 Å². The maximum absolute atomic E-state index is 12.4. The number of nitrogens with one attached hydrogen (secondary N) is 1. The first-order valence-corrected chi connectivity index (χ1v) is 12.0. The molecule has 0 fully saturated rings. The summed E-state index contributed by atoms with van der Waals surface area (Å²) in [5, 5.41) is 15.8. The lowest BCUT2D eigenvalue weighted by molar-refractivity contribution is -0.113. The number of anilines is 1. The Morgan fingerprint density at radius 1 is 1.11 bits per heavy atom. The molecule has 0 unspecified atom stereocenters. The van der Waals surface area contributed by atoms with E-state index in [-0.39, 0.29) is 17.6 Å². The van der Waals surface area contributed by atoms with Gasteiger partial charge in [-0.15, -0.1) is 10.2 Å². The maximum atomic E-state index is 12.4. The first-order valence-electron chi connectivity index (χ1n) is 11.0. The highest BCUT2D eigenvalue weighted by molar-refractivity contribution is 7.99. The molecule has 1 N–H and O–H groups in total. The molecule has 0 aliphatic carbocycles. The third-order valence-electron chi connectivity index (χ3n) is 4.94. The molecule has 2 aromatic heterocycles. The summed E-state index contributed by atoms with van der Waals surface area (Å²) in [5.41, 5.74) is 2.95. The summed E-state index contributed by atoms with van der Waals surface area (Å²) in [4.78, 5) is 28.7. The van der Waals surface area contributed by atoms with Crippen LogP contribution in [0.4, 0.5) is 5.69 Å². The van der Waals surface area contributed by atoms with Gasteiger partial charge in [0.15, 0.2) is 5.16 Å². The normalized spacial score (nSPS) is 10.8. The Kier molecular flexibility index (Phi) is 7.56. The maximum Gasteiger partial charge on any atom is 0.338 e. The second-order valence-corrected chi connectivity index (χ2v) is 8.42. The van der Waals surface area contributed by atoms with Crippen molar-refractivity contribution < 1.29 is 18.8 Å². The summed E-state index contributed by atoms with van der Waals surface area (Å²) in [7, 11) is 0. The fourth-order valence-corrected chi connectivity index (χ4v) is 4.09. The lowest BCUT2D eigenvalue weighted by Crippen LogP contribution is -2.15. The number of nitrogens with zero attached hydrogens (tertiary/aromatic N) is 5. The van der Waals surface area contributed by atoms with Crippen LogP contribution < -0.4 is 5.32 Å². The van der Waals surface area contributed by atoms with Gasteiger partial charge in [-0.05, 0) is 51.1 Å². The summed E-state index contributed by atoms with van der Waals surface area (Å²) in [6.07, 6.45) is 0. The summed E-state index contributed by atoms with van der Waals surface area (Å²) in [5.74, 6) is 0.673. The summed E-state index contributed by atoms with van der Waals surface area (Å²) >= 11 is 1.25. The van der Waals surface area contributed by atoms with Gasteiger partial charge in [-0.3, -0.25) is 9.36 Å². The second kappa shape index (κ2) is 11.0. The molecule has 35 heavy (non-hydrogen) atoms. The SMILES string of the molecule is CCOC(=O)c1ccc(NC(=O)CSc2nnc(-c3nc(-c4cccc(C)c4)no3)n2CC)cc1. The van der Waals surface area contributed by atoms with Crippen LogP contribution in [0.1, 0.15) is 29.8 Å². The molecule has 0 aliphatic heterocycles. The number of carbonyl (C=O) groups excluding carboxylic acids is 2. The van der Waals surface area contributed by atoms with Crippen molar-refractivity contribution in [2.75, 3.05) is 17.7 Å². The Hall–Kier alpha value is -3.99. The number of aromatic nitrogens is 5. The van der Waals surface area contributed by atoms with E-state index in [0.717, 1.165) is 11.1 Å². The largest absolute Gasteiger partial charge is 0.462 e. The van der Waals surface area contributed by atoms with Crippen molar-refractivity contribution in [1.29, 1.82) is 0 Å². The summed E-state index contributed by atoms with van der Waals surface area (Å²) in [6.45, 7) is 6.55. The number of hydrogen-bond donors (Lipinski definition) is 1. The zero-order chi connectivity index (χ0) is 24.8. The van der Waals surface area contributed by atoms with Gasteiger partial charge in [0.1, 0.15) is 0 Å². The smallest absolute Gasteiger partial charge is 0.338 e. The molecule has 11 heteroatoms. The van der Waals surface area contributed by atoms with Gasteiger partial charge in [0, 0.05) is 17.8 Å². The van der Waals surface area contributed by atoms with E-state index < -0.39 is 5.97 Å². The molecule has 4 aromatic rings. The predicted octanol–water partition coefficient (Wildman–Crippen LogP) is 4.23. The second-order valence-electron chi connectivity index (χ2n) is 7.48. The van der Waals surface area contributed by atoms with Gasteiger partial charge < -0.3 is 14.6 Å². The van der Waals surface area contributed by atoms with E-state index in [0.29, 0.717) is 41.2 Å². The highest BCUT2D eigenvalue weighted by Crippen LogP contribution is 2.25. The monoisotopic (exact) mass is 492 g/mol. The molecule has 4 rings (SSSR count). The molecule has 0 radical (unpaired) electrons. The molecule has 1 amide bonds. The number of aryl methyl sites for hydroxylation is 1. The molecule has 0 aliphatic rings. The van der Waals surface area contributed by atoms with E-state index in [1.807, 2.05) is 42.7 Å². The molecular formula is C24H24N6O4S. The number of ether oxygens (including phenoxy) is 1. The van der Waals surface area contributed by atoms with Crippen LogP contribution in [0.15, 0.2) is 58.2 Å². The average molecular weight is 493 g/mol. The molecule has 180 valence electrons. The van der Waals surface area contributed by atoms with E-state index in [2.05, 4.69) is 25.7 Å². The Morgan fingerprint density at radius 3 is 2.63 bits per heavy atom. The van der Waals surface area contributed by atoms with Crippen LogP contribution in [-0.4, -0.2) is 49.1 Å². The van der Waals surface area contributed by atoms with Gasteiger partial charge in [-0.25, -0.2) is 4.79 Å². The highest BCUT2D eigenvalue weighted by atomic mass is 32.2. The standard InChI is InChI=1S/C24H24N6O4S/c1-4-30-21(22-26-20(29-34-22)17-8-6-7-15(3)13-17)27-28-24(30)35-14-19(31)25-18-11-9-16(10-12-18)23(32)33-5-2/h6-13H,4-5,14H2,1-3H3,(H,25,31). The third-order valence-corrected chi connectivity index (χ3v) is 5.91. The quantitative estimate of drug-likeness (QED) is 0.270. The van der Waals surface area contributed by atoms with Crippen molar-refractivity contribution in [2.24, 2.45) is 0 Å². The molecule has 0 saturated carbocycles. The number of amides is 1. The lowest BCUT2D eigenvalue weighted by atomic mass is 10.1. The number of rotatable bonds is 9. The lowest BCUT2D eigenvalue weighted by Gasteiger charge is -2.07. The minimum atomic E-state index is -0.400. The van der Waals surface area contributed by atoms with Gasteiger partial charge in [-0.1, -0.05) is 40.7 Å². The van der Waals surface area contributed by atoms with Crippen LogP contribution in [0.2, 0.25) is 0 Å². The highest BCUT2D eigenvalue weighted by Gasteiger charge is 2.20. The van der Waals surface area contributed by atoms with Gasteiger partial charge in [-0.2, -0.15) is 4.98 Å². The minimum Gasteiger partial charge on any atom is -0.462 e. The molecule has 0 bridgehead atoms. The topological polar surface area (TPSA) is 125 Å². The van der Waals surface area contributed by atoms with E-state index in [1.54, 1.807) is 31.2 Å². The molecule has 2 heterocycles. The van der Waals surface area contributed by atoms with Crippen molar-refractivity contribution in [2.45, 2.75) is 32.5 Å². The molecule has 0 spiro atoms. The van der Waals surface area contributed by atoms with Crippen LogP contribution in [0.3, 0.4) is 0 Å². The Bertz CT molecular complexity index is 1330. The number of hydrogen-bond acceptors (Lipinski definition) is 9. The summed E-state index contributed by atoms with van der Waals surface area (Å²) in [6, 6.07) is 14.3. The van der Waals surface area contributed by atoms with Crippen LogP contribution in [0.25, 0.3) is 23.1 Å². The first kappa shape index (κ1) is 24.1. The fourth-order valence-electron chi connectivity index (χ4n) is 3.29.